The second-order valence-corrected chi connectivity index (χ2v) is 10.5. The topological polar surface area (TPSA) is 83.5 Å². The lowest BCUT2D eigenvalue weighted by Gasteiger charge is -2.56. The molecule has 0 aromatic heterocycles. The van der Waals surface area contributed by atoms with Gasteiger partial charge >= 0.3 is 0 Å². The van der Waals surface area contributed by atoms with Crippen LogP contribution in [0.3, 0.4) is 0 Å². The van der Waals surface area contributed by atoms with Crippen LogP contribution in [0.5, 0.6) is 0 Å². The number of hydrogen-bond acceptors (Lipinski definition) is 4. The van der Waals surface area contributed by atoms with Gasteiger partial charge < -0.3 is 10.4 Å². The Hall–Kier alpha value is -2.39. The zero-order chi connectivity index (χ0) is 21.8. The minimum atomic E-state index is -3.72. The maximum Gasteiger partial charge on any atom is 0.255 e. The second-order valence-electron chi connectivity index (χ2n) is 8.23. The summed E-state index contributed by atoms with van der Waals surface area (Å²) in [5.74, 6) is -5.46. The van der Waals surface area contributed by atoms with E-state index >= 15 is 0 Å². The molecule has 0 saturated heterocycles. The van der Waals surface area contributed by atoms with E-state index in [9.17, 15) is 31.5 Å². The summed E-state index contributed by atoms with van der Waals surface area (Å²) in [5, 5.41) is 11.9. The number of fused-ring (bicyclic) bond motifs is 2. The number of rotatable bonds is 4. The van der Waals surface area contributed by atoms with Crippen LogP contribution in [0.2, 0.25) is 0 Å². The van der Waals surface area contributed by atoms with Crippen molar-refractivity contribution in [1.82, 2.24) is 0 Å². The number of benzene rings is 2. The summed E-state index contributed by atoms with van der Waals surface area (Å²) in [6, 6.07) is 6.65. The van der Waals surface area contributed by atoms with Crippen LogP contribution in [0.15, 0.2) is 41.3 Å². The zero-order valence-corrected chi connectivity index (χ0v) is 16.8. The van der Waals surface area contributed by atoms with E-state index in [-0.39, 0.29) is 28.0 Å². The van der Waals surface area contributed by atoms with Crippen LogP contribution in [0.4, 0.5) is 18.9 Å². The number of sulfone groups is 1. The number of carbonyl (C=O) groups is 1. The lowest BCUT2D eigenvalue weighted by molar-refractivity contribution is -0.162. The molecule has 30 heavy (non-hydrogen) atoms. The molecule has 0 radical (unpaired) electrons. The number of amides is 1. The average molecular weight is 439 g/mol. The Kier molecular flexibility index (Phi) is 4.93. The van der Waals surface area contributed by atoms with Gasteiger partial charge in [0.2, 0.25) is 0 Å². The summed E-state index contributed by atoms with van der Waals surface area (Å²) in [6.45, 7) is 1.74. The minimum absolute atomic E-state index is 0.0193. The first-order valence-electron chi connectivity index (χ1n) is 9.52. The Morgan fingerprint density at radius 3 is 2.23 bits per heavy atom. The molecule has 0 spiro atoms. The predicted molar refractivity (Wildman–Crippen MR) is 103 cm³/mol. The van der Waals surface area contributed by atoms with E-state index < -0.39 is 44.0 Å². The van der Waals surface area contributed by atoms with Gasteiger partial charge in [-0.3, -0.25) is 4.79 Å². The van der Waals surface area contributed by atoms with Crippen molar-refractivity contribution in [2.24, 2.45) is 11.8 Å². The molecular weight excluding hydrogens is 419 g/mol. The van der Waals surface area contributed by atoms with Gasteiger partial charge in [-0.1, -0.05) is 6.07 Å². The molecule has 2 bridgehead atoms. The summed E-state index contributed by atoms with van der Waals surface area (Å²) in [6.07, 6.45) is 1.53. The highest BCUT2D eigenvalue weighted by Crippen LogP contribution is 2.55. The molecule has 2 atom stereocenters. The molecule has 5 nitrogen and oxygen atoms in total. The van der Waals surface area contributed by atoms with Gasteiger partial charge in [0.25, 0.3) is 5.91 Å². The monoisotopic (exact) mass is 439 g/mol. The lowest BCUT2D eigenvalue weighted by Crippen LogP contribution is -2.60. The number of carbonyl (C=O) groups excluding carboxylic acids is 1. The molecule has 5 rings (SSSR count). The molecule has 3 aliphatic rings. The van der Waals surface area contributed by atoms with Crippen molar-refractivity contribution < 1.29 is 31.5 Å². The smallest absolute Gasteiger partial charge is 0.255 e. The zero-order valence-electron chi connectivity index (χ0n) is 16.0. The summed E-state index contributed by atoms with van der Waals surface area (Å²) in [5.41, 5.74) is -1.14. The van der Waals surface area contributed by atoms with E-state index in [2.05, 4.69) is 5.32 Å². The molecule has 3 saturated carbocycles. The Morgan fingerprint density at radius 2 is 1.67 bits per heavy atom. The summed E-state index contributed by atoms with van der Waals surface area (Å²) in [4.78, 5) is 12.4. The van der Waals surface area contributed by atoms with Crippen molar-refractivity contribution in [3.8, 4) is 0 Å². The highest BCUT2D eigenvalue weighted by atomic mass is 32.2. The number of hydrogen-bond donors (Lipinski definition) is 2. The van der Waals surface area contributed by atoms with Crippen LogP contribution in [-0.2, 0) is 9.84 Å². The molecule has 3 fully saturated rings. The maximum absolute atomic E-state index is 13.3. The summed E-state index contributed by atoms with van der Waals surface area (Å²) < 4.78 is 65.9. The van der Waals surface area contributed by atoms with Gasteiger partial charge in [-0.05, 0) is 56.2 Å². The molecule has 2 N–H and O–H groups in total. The van der Waals surface area contributed by atoms with Gasteiger partial charge in [-0.2, -0.15) is 0 Å². The fourth-order valence-electron chi connectivity index (χ4n) is 4.49. The van der Waals surface area contributed by atoms with E-state index in [4.69, 9.17) is 0 Å². The predicted octanol–water partition coefficient (Wildman–Crippen LogP) is 3.68. The first-order chi connectivity index (χ1) is 14.0. The number of aliphatic hydroxyl groups is 1. The van der Waals surface area contributed by atoms with Crippen molar-refractivity contribution in [3.05, 3.63) is 59.4 Å². The van der Waals surface area contributed by atoms with Crippen LogP contribution in [0.1, 0.15) is 36.5 Å². The first kappa shape index (κ1) is 20.9. The average Bonchev–Trinajstić information content (AvgIpc) is 2.72. The van der Waals surface area contributed by atoms with Crippen LogP contribution < -0.4 is 5.32 Å². The van der Waals surface area contributed by atoms with E-state index in [1.54, 1.807) is 6.92 Å². The first-order valence-corrected chi connectivity index (χ1v) is 11.1. The van der Waals surface area contributed by atoms with Crippen LogP contribution in [0.25, 0.3) is 0 Å². The van der Waals surface area contributed by atoms with Crippen molar-refractivity contribution >= 4 is 21.4 Å². The third-order valence-electron chi connectivity index (χ3n) is 6.42. The van der Waals surface area contributed by atoms with Crippen molar-refractivity contribution in [2.75, 3.05) is 5.32 Å². The molecule has 0 aliphatic heterocycles. The Labute approximate surface area is 171 Å². The highest BCUT2D eigenvalue weighted by molar-refractivity contribution is 7.92. The van der Waals surface area contributed by atoms with Gasteiger partial charge in [0.05, 0.1) is 15.7 Å². The van der Waals surface area contributed by atoms with Crippen molar-refractivity contribution in [2.45, 2.75) is 41.9 Å². The van der Waals surface area contributed by atoms with E-state index in [1.165, 1.54) is 24.3 Å². The molecule has 9 heteroatoms. The number of anilines is 1. The van der Waals surface area contributed by atoms with Crippen molar-refractivity contribution in [1.29, 1.82) is 0 Å². The number of nitrogens with one attached hydrogen (secondary N) is 1. The Balaban J connectivity index is 1.55. The largest absolute Gasteiger partial charge is 0.390 e. The Morgan fingerprint density at radius 1 is 1.07 bits per heavy atom. The quantitative estimate of drug-likeness (QED) is 0.712. The van der Waals surface area contributed by atoms with Gasteiger partial charge in [-0.15, -0.1) is 0 Å². The van der Waals surface area contributed by atoms with Crippen molar-refractivity contribution in [3.63, 3.8) is 0 Å². The molecule has 160 valence electrons. The molecular formula is C21H20F3NO4S. The van der Waals surface area contributed by atoms with E-state index in [0.29, 0.717) is 25.0 Å². The normalized spacial score (nSPS) is 28.0. The molecule has 3 aliphatic carbocycles. The fraction of sp³-hybridized carbons (Fsp3) is 0.381. The standard InChI is InChI=1S/C21H20F3NO4S/c1-21(27)12-6-13(21)8-16(7-12)30(28,29)15-4-2-3-11(5-15)20(26)25-14-9-17(22)19(24)18(23)10-14/h2-5,9-10,12-13,16,27H,6-8H2,1H3,(H,25,26). The molecule has 2 aromatic carbocycles. The SMILES string of the molecule is CC1(O)C2CC1CC(S(=O)(=O)c1cccc(C(=O)Nc3cc(F)c(F)c(F)c3)c1)C2. The molecule has 2 aromatic rings. The Bertz CT molecular complexity index is 1100. The third kappa shape index (κ3) is 3.39. The van der Waals surface area contributed by atoms with Gasteiger partial charge in [-0.25, -0.2) is 21.6 Å². The van der Waals surface area contributed by atoms with Gasteiger partial charge in [0, 0.05) is 23.4 Å². The lowest BCUT2D eigenvalue weighted by atomic mass is 9.54. The van der Waals surface area contributed by atoms with E-state index in [0.717, 1.165) is 6.42 Å². The second kappa shape index (κ2) is 7.09. The molecule has 2 unspecified atom stereocenters. The van der Waals surface area contributed by atoms with Crippen LogP contribution in [0, 0.1) is 29.3 Å². The van der Waals surface area contributed by atoms with E-state index in [1.807, 2.05) is 0 Å². The van der Waals surface area contributed by atoms with Crippen LogP contribution in [-0.4, -0.2) is 30.3 Å². The highest BCUT2D eigenvalue weighted by Gasteiger charge is 2.57. The third-order valence-corrected chi connectivity index (χ3v) is 8.60. The molecule has 0 heterocycles. The van der Waals surface area contributed by atoms with Gasteiger partial charge in [0.1, 0.15) is 0 Å². The summed E-state index contributed by atoms with van der Waals surface area (Å²) >= 11 is 0. The molecule has 1 amide bonds. The minimum Gasteiger partial charge on any atom is -0.390 e. The fourth-order valence-corrected chi connectivity index (χ4v) is 6.40. The van der Waals surface area contributed by atoms with Gasteiger partial charge in [0.15, 0.2) is 27.3 Å². The number of halogens is 3. The summed E-state index contributed by atoms with van der Waals surface area (Å²) in [7, 11) is -3.72. The maximum atomic E-state index is 13.3. The van der Waals surface area contributed by atoms with Crippen LogP contribution >= 0.6 is 0 Å².